The average Bonchev–Trinajstić information content (AvgIpc) is 2.64. The summed E-state index contributed by atoms with van der Waals surface area (Å²) in [5, 5.41) is 8.75. The zero-order valence-electron chi connectivity index (χ0n) is 13.7. The van der Waals surface area contributed by atoms with Gasteiger partial charge in [0.05, 0.1) is 5.69 Å². The lowest BCUT2D eigenvalue weighted by Crippen LogP contribution is -2.37. The number of nitrogens with zero attached hydrogens (tertiary/aromatic N) is 2. The summed E-state index contributed by atoms with van der Waals surface area (Å²) < 4.78 is 11.9. The Balaban J connectivity index is 1.81. The molecule has 1 amide bonds. The molecule has 130 valence electrons. The standard InChI is InChI=1S/C18H18BrN3O3/c1-20-10-11-24-14-8-6-13(7-9-14)18-21-22(17(23)12-25-18)16-5-3-2-4-15(16)19/h2-9,20H,10-12H2,1H3. The quantitative estimate of drug-likeness (QED) is 0.753. The number of amides is 1. The molecular weight excluding hydrogens is 386 g/mol. The lowest BCUT2D eigenvalue weighted by atomic mass is 10.2. The maximum absolute atomic E-state index is 12.2. The molecule has 0 bridgehead atoms. The van der Waals surface area contributed by atoms with Crippen molar-refractivity contribution in [3.63, 3.8) is 0 Å². The molecule has 0 aromatic heterocycles. The number of para-hydroxylation sites is 1. The third-order valence-corrected chi connectivity index (χ3v) is 4.23. The summed E-state index contributed by atoms with van der Waals surface area (Å²) in [7, 11) is 1.88. The van der Waals surface area contributed by atoms with Crippen LogP contribution in [0.1, 0.15) is 5.56 Å². The van der Waals surface area contributed by atoms with Crippen LogP contribution in [0.25, 0.3) is 0 Å². The molecule has 6 nitrogen and oxygen atoms in total. The van der Waals surface area contributed by atoms with Crippen LogP contribution >= 0.6 is 15.9 Å². The van der Waals surface area contributed by atoms with Crippen LogP contribution in [0.3, 0.4) is 0 Å². The molecule has 0 atom stereocenters. The fraction of sp³-hybridized carbons (Fsp3) is 0.222. The van der Waals surface area contributed by atoms with Gasteiger partial charge in [-0.05, 0) is 59.4 Å². The van der Waals surface area contributed by atoms with Crippen molar-refractivity contribution in [3.05, 3.63) is 58.6 Å². The number of rotatable bonds is 6. The van der Waals surface area contributed by atoms with Crippen LogP contribution in [0.2, 0.25) is 0 Å². The van der Waals surface area contributed by atoms with Gasteiger partial charge in [-0.15, -0.1) is 5.10 Å². The second-order valence-electron chi connectivity index (χ2n) is 5.33. The van der Waals surface area contributed by atoms with Gasteiger partial charge in [-0.1, -0.05) is 12.1 Å². The minimum absolute atomic E-state index is 0.0550. The Labute approximate surface area is 154 Å². The molecule has 0 aliphatic carbocycles. The van der Waals surface area contributed by atoms with Crippen molar-refractivity contribution in [2.45, 2.75) is 0 Å². The summed E-state index contributed by atoms with van der Waals surface area (Å²) in [6.45, 7) is 1.32. The SMILES string of the molecule is CNCCOc1ccc(C2=NN(c3ccccc3Br)C(=O)CO2)cc1. The number of hydrogen-bond donors (Lipinski definition) is 1. The zero-order chi connectivity index (χ0) is 17.6. The number of benzene rings is 2. The van der Waals surface area contributed by atoms with Crippen LogP contribution in [0, 0.1) is 0 Å². The van der Waals surface area contributed by atoms with Gasteiger partial charge in [-0.3, -0.25) is 4.79 Å². The van der Waals surface area contributed by atoms with Crippen molar-refractivity contribution in [2.75, 3.05) is 31.8 Å². The predicted molar refractivity (Wildman–Crippen MR) is 100.0 cm³/mol. The Kier molecular flexibility index (Phi) is 5.67. The highest BCUT2D eigenvalue weighted by Crippen LogP contribution is 2.28. The van der Waals surface area contributed by atoms with Crippen LogP contribution in [0.5, 0.6) is 5.75 Å². The van der Waals surface area contributed by atoms with Gasteiger partial charge in [-0.2, -0.15) is 5.01 Å². The van der Waals surface area contributed by atoms with Gasteiger partial charge in [0.1, 0.15) is 12.4 Å². The first-order valence-electron chi connectivity index (χ1n) is 7.86. The molecule has 1 N–H and O–H groups in total. The maximum atomic E-state index is 12.2. The van der Waals surface area contributed by atoms with Crippen molar-refractivity contribution in [1.29, 1.82) is 0 Å². The van der Waals surface area contributed by atoms with E-state index in [0.717, 1.165) is 22.3 Å². The van der Waals surface area contributed by atoms with E-state index in [1.807, 2.05) is 55.6 Å². The van der Waals surface area contributed by atoms with Crippen LogP contribution < -0.4 is 15.1 Å². The fourth-order valence-electron chi connectivity index (χ4n) is 2.28. The third kappa shape index (κ3) is 4.18. The summed E-state index contributed by atoms with van der Waals surface area (Å²) in [6, 6.07) is 14.9. The van der Waals surface area contributed by atoms with Crippen molar-refractivity contribution in [1.82, 2.24) is 5.32 Å². The molecule has 0 radical (unpaired) electrons. The summed E-state index contributed by atoms with van der Waals surface area (Å²) >= 11 is 3.45. The Morgan fingerprint density at radius 1 is 1.24 bits per heavy atom. The van der Waals surface area contributed by atoms with Crippen molar-refractivity contribution in [2.24, 2.45) is 5.10 Å². The molecule has 1 heterocycles. The number of anilines is 1. The van der Waals surface area contributed by atoms with Gasteiger partial charge >= 0.3 is 0 Å². The van der Waals surface area contributed by atoms with E-state index < -0.39 is 0 Å². The second kappa shape index (κ2) is 8.13. The van der Waals surface area contributed by atoms with Gasteiger partial charge in [0.25, 0.3) is 5.91 Å². The van der Waals surface area contributed by atoms with E-state index in [1.165, 1.54) is 5.01 Å². The largest absolute Gasteiger partial charge is 0.492 e. The van der Waals surface area contributed by atoms with Crippen LogP contribution in [0.4, 0.5) is 5.69 Å². The minimum atomic E-state index is -0.220. The molecule has 1 aliphatic heterocycles. The molecule has 25 heavy (non-hydrogen) atoms. The normalized spacial score (nSPS) is 14.1. The van der Waals surface area contributed by atoms with Gasteiger partial charge in [0, 0.05) is 16.6 Å². The molecule has 0 spiro atoms. The number of hydrogen-bond acceptors (Lipinski definition) is 5. The summed E-state index contributed by atoms with van der Waals surface area (Å²) in [4.78, 5) is 12.2. The van der Waals surface area contributed by atoms with Gasteiger partial charge in [0.2, 0.25) is 5.90 Å². The first-order valence-corrected chi connectivity index (χ1v) is 8.65. The first kappa shape index (κ1) is 17.4. The molecule has 0 saturated heterocycles. The molecule has 1 aliphatic rings. The monoisotopic (exact) mass is 403 g/mol. The molecule has 2 aromatic rings. The molecule has 0 saturated carbocycles. The number of carbonyl (C=O) groups excluding carboxylic acids is 1. The number of ether oxygens (including phenoxy) is 2. The van der Waals surface area contributed by atoms with Crippen LogP contribution in [0.15, 0.2) is 58.1 Å². The van der Waals surface area contributed by atoms with Crippen molar-refractivity contribution < 1.29 is 14.3 Å². The number of nitrogens with one attached hydrogen (secondary N) is 1. The number of hydrazone groups is 1. The lowest BCUT2D eigenvalue weighted by molar-refractivity contribution is -0.121. The zero-order valence-corrected chi connectivity index (χ0v) is 15.3. The third-order valence-electron chi connectivity index (χ3n) is 3.56. The highest BCUT2D eigenvalue weighted by Gasteiger charge is 2.25. The van der Waals surface area contributed by atoms with Crippen LogP contribution in [-0.2, 0) is 9.53 Å². The number of likely N-dealkylation sites (N-methyl/N-ethyl adjacent to an activating group) is 1. The van der Waals surface area contributed by atoms with E-state index in [9.17, 15) is 4.79 Å². The van der Waals surface area contributed by atoms with Crippen molar-refractivity contribution in [3.8, 4) is 5.75 Å². The summed E-state index contributed by atoms with van der Waals surface area (Å²) in [5.74, 6) is 0.953. The Morgan fingerprint density at radius 3 is 2.72 bits per heavy atom. The van der Waals surface area contributed by atoms with Crippen LogP contribution in [-0.4, -0.2) is 38.6 Å². The topological polar surface area (TPSA) is 63.2 Å². The molecule has 0 unspecified atom stereocenters. The number of halogens is 1. The highest BCUT2D eigenvalue weighted by atomic mass is 79.9. The predicted octanol–water partition coefficient (Wildman–Crippen LogP) is 2.77. The van der Waals surface area contributed by atoms with Gasteiger partial charge < -0.3 is 14.8 Å². The Bertz CT molecular complexity index is 777. The fourth-order valence-corrected chi connectivity index (χ4v) is 2.74. The van der Waals surface area contributed by atoms with E-state index in [4.69, 9.17) is 9.47 Å². The first-order chi connectivity index (χ1) is 12.2. The van der Waals surface area contributed by atoms with E-state index in [1.54, 1.807) is 0 Å². The molecule has 0 fully saturated rings. The molecular formula is C18H18BrN3O3. The minimum Gasteiger partial charge on any atom is -0.492 e. The lowest BCUT2D eigenvalue weighted by Gasteiger charge is -2.24. The smallest absolute Gasteiger partial charge is 0.285 e. The van der Waals surface area contributed by atoms with E-state index in [0.29, 0.717) is 18.2 Å². The summed E-state index contributed by atoms with van der Waals surface area (Å²) in [6.07, 6.45) is 0. The second-order valence-corrected chi connectivity index (χ2v) is 6.18. The average molecular weight is 404 g/mol. The van der Waals surface area contributed by atoms with E-state index in [2.05, 4.69) is 26.3 Å². The van der Waals surface area contributed by atoms with Gasteiger partial charge in [0.15, 0.2) is 6.61 Å². The Morgan fingerprint density at radius 2 is 2.00 bits per heavy atom. The molecule has 3 rings (SSSR count). The molecule has 7 heteroatoms. The molecule has 2 aromatic carbocycles. The van der Waals surface area contributed by atoms with Crippen molar-refractivity contribution >= 4 is 33.4 Å². The van der Waals surface area contributed by atoms with E-state index >= 15 is 0 Å². The maximum Gasteiger partial charge on any atom is 0.285 e. The summed E-state index contributed by atoms with van der Waals surface area (Å²) in [5.41, 5.74) is 1.46. The number of carbonyl (C=O) groups is 1. The Hall–Kier alpha value is -2.38. The van der Waals surface area contributed by atoms with Gasteiger partial charge in [-0.25, -0.2) is 0 Å². The van der Waals surface area contributed by atoms with E-state index in [-0.39, 0.29) is 12.5 Å². The highest BCUT2D eigenvalue weighted by molar-refractivity contribution is 9.10.